The number of thiophene rings is 1. The molecule has 1 amide bonds. The Morgan fingerprint density at radius 3 is 2.69 bits per heavy atom. The maximum absolute atomic E-state index is 12.4. The Labute approximate surface area is 175 Å². The van der Waals surface area contributed by atoms with Crippen LogP contribution in [0.4, 0.5) is 0 Å². The average molecular weight is 411 g/mol. The van der Waals surface area contributed by atoms with Gasteiger partial charge in [0, 0.05) is 34.8 Å². The van der Waals surface area contributed by atoms with Crippen molar-refractivity contribution in [1.82, 2.24) is 19.9 Å². The maximum atomic E-state index is 12.4. The molecule has 1 aromatic carbocycles. The molecule has 0 atom stereocenters. The number of ether oxygens (including phenoxy) is 1. The molecular weight excluding hydrogens is 384 g/mol. The van der Waals surface area contributed by atoms with Gasteiger partial charge in [-0.15, -0.1) is 16.4 Å². The van der Waals surface area contributed by atoms with Gasteiger partial charge in [0.15, 0.2) is 0 Å². The van der Waals surface area contributed by atoms with Crippen molar-refractivity contribution < 1.29 is 9.53 Å². The molecular formula is C22H26N4O2S. The molecule has 0 spiro atoms. The van der Waals surface area contributed by atoms with E-state index in [1.54, 1.807) is 0 Å². The van der Waals surface area contributed by atoms with Gasteiger partial charge in [0.05, 0.1) is 18.8 Å². The van der Waals surface area contributed by atoms with Crippen LogP contribution in [0.25, 0.3) is 11.3 Å². The molecule has 6 nitrogen and oxygen atoms in total. The summed E-state index contributed by atoms with van der Waals surface area (Å²) in [6.45, 7) is 6.16. The summed E-state index contributed by atoms with van der Waals surface area (Å²) < 4.78 is 7.36. The standard InChI is InChI=1S/C22H26N4O2S/c1-3-28-19-10-8-17(9-11-19)21-15-26(24-23-21)18-13-25(14-18)22(27)6-4-5-20-12-7-16(2)29-20/h7-12,15,18H,3-6,13-14H2,1-2H3. The zero-order valence-corrected chi connectivity index (χ0v) is 17.7. The SMILES string of the molecule is CCOc1ccc(-c2cn(C3CN(C(=O)CCCc4ccc(C)s4)C3)nn2)cc1. The Bertz CT molecular complexity index is 957. The van der Waals surface area contributed by atoms with E-state index in [0.717, 1.165) is 29.8 Å². The van der Waals surface area contributed by atoms with Crippen molar-refractivity contribution in [1.29, 1.82) is 0 Å². The maximum Gasteiger partial charge on any atom is 0.222 e. The van der Waals surface area contributed by atoms with Crippen molar-refractivity contribution in [3.8, 4) is 17.0 Å². The van der Waals surface area contributed by atoms with Crippen LogP contribution in [0.5, 0.6) is 5.75 Å². The van der Waals surface area contributed by atoms with Gasteiger partial charge in [-0.2, -0.15) is 0 Å². The molecule has 4 rings (SSSR count). The molecule has 3 heterocycles. The van der Waals surface area contributed by atoms with Crippen LogP contribution in [0.2, 0.25) is 0 Å². The molecule has 152 valence electrons. The Balaban J connectivity index is 1.25. The smallest absolute Gasteiger partial charge is 0.222 e. The number of nitrogens with zero attached hydrogens (tertiary/aromatic N) is 4. The summed E-state index contributed by atoms with van der Waals surface area (Å²) in [6.07, 6.45) is 4.46. The molecule has 0 saturated carbocycles. The summed E-state index contributed by atoms with van der Waals surface area (Å²) in [5.74, 6) is 1.09. The van der Waals surface area contributed by atoms with Crippen LogP contribution in [0, 0.1) is 6.92 Å². The molecule has 0 bridgehead atoms. The molecule has 1 fully saturated rings. The number of benzene rings is 1. The molecule has 0 unspecified atom stereocenters. The van der Waals surface area contributed by atoms with E-state index in [1.165, 1.54) is 9.75 Å². The number of aromatic nitrogens is 3. The fourth-order valence-corrected chi connectivity index (χ4v) is 4.43. The minimum Gasteiger partial charge on any atom is -0.494 e. The molecule has 0 N–H and O–H groups in total. The Morgan fingerprint density at radius 1 is 1.21 bits per heavy atom. The molecule has 1 aliphatic rings. The van der Waals surface area contributed by atoms with E-state index in [-0.39, 0.29) is 11.9 Å². The van der Waals surface area contributed by atoms with Crippen molar-refractivity contribution in [3.63, 3.8) is 0 Å². The van der Waals surface area contributed by atoms with Crippen molar-refractivity contribution in [2.45, 2.75) is 39.2 Å². The van der Waals surface area contributed by atoms with Gasteiger partial charge in [-0.25, -0.2) is 4.68 Å². The molecule has 0 radical (unpaired) electrons. The molecule has 7 heteroatoms. The van der Waals surface area contributed by atoms with Gasteiger partial charge in [-0.05, 0) is 63.1 Å². The summed E-state index contributed by atoms with van der Waals surface area (Å²) in [5.41, 5.74) is 1.85. The van der Waals surface area contributed by atoms with Crippen LogP contribution >= 0.6 is 11.3 Å². The lowest BCUT2D eigenvalue weighted by Crippen LogP contribution is -2.50. The predicted octanol–water partition coefficient (Wildman–Crippen LogP) is 4.12. The number of hydrogen-bond donors (Lipinski definition) is 0. The van der Waals surface area contributed by atoms with E-state index in [0.29, 0.717) is 26.1 Å². The Morgan fingerprint density at radius 2 is 2.00 bits per heavy atom. The van der Waals surface area contributed by atoms with Crippen LogP contribution in [0.3, 0.4) is 0 Å². The monoisotopic (exact) mass is 410 g/mol. The van der Waals surface area contributed by atoms with Crippen LogP contribution < -0.4 is 4.74 Å². The van der Waals surface area contributed by atoms with E-state index in [2.05, 4.69) is 29.4 Å². The third-order valence-corrected chi connectivity index (χ3v) is 6.23. The minimum absolute atomic E-state index is 0.211. The Hall–Kier alpha value is -2.67. The van der Waals surface area contributed by atoms with Gasteiger partial charge < -0.3 is 9.64 Å². The van der Waals surface area contributed by atoms with Crippen molar-refractivity contribution >= 4 is 17.2 Å². The zero-order valence-electron chi connectivity index (χ0n) is 16.9. The highest BCUT2D eigenvalue weighted by Gasteiger charge is 2.32. The summed E-state index contributed by atoms with van der Waals surface area (Å²) in [4.78, 5) is 17.0. The highest BCUT2D eigenvalue weighted by atomic mass is 32.1. The average Bonchev–Trinajstić information content (AvgIpc) is 3.31. The van der Waals surface area contributed by atoms with Crippen LogP contribution in [-0.2, 0) is 11.2 Å². The first-order chi connectivity index (χ1) is 14.1. The van der Waals surface area contributed by atoms with E-state index < -0.39 is 0 Å². The number of carbonyl (C=O) groups is 1. The molecule has 3 aromatic rings. The van der Waals surface area contributed by atoms with Crippen LogP contribution in [0.1, 0.15) is 35.6 Å². The van der Waals surface area contributed by atoms with Gasteiger partial charge in [0.25, 0.3) is 0 Å². The third-order valence-electron chi connectivity index (χ3n) is 5.17. The van der Waals surface area contributed by atoms with E-state index in [1.807, 2.05) is 58.3 Å². The normalized spacial score (nSPS) is 14.1. The first-order valence-electron chi connectivity index (χ1n) is 10.1. The van der Waals surface area contributed by atoms with Gasteiger partial charge >= 0.3 is 0 Å². The molecule has 1 aliphatic heterocycles. The number of carbonyl (C=O) groups excluding carboxylic acids is 1. The second-order valence-corrected chi connectivity index (χ2v) is 8.73. The second kappa shape index (κ2) is 8.78. The highest BCUT2D eigenvalue weighted by molar-refractivity contribution is 7.11. The molecule has 2 aromatic heterocycles. The lowest BCUT2D eigenvalue weighted by Gasteiger charge is -2.39. The lowest BCUT2D eigenvalue weighted by atomic mass is 10.1. The molecule has 1 saturated heterocycles. The molecule has 29 heavy (non-hydrogen) atoms. The van der Waals surface area contributed by atoms with Gasteiger partial charge in [0.1, 0.15) is 11.4 Å². The number of likely N-dealkylation sites (tertiary alicyclic amines) is 1. The molecule has 0 aliphatic carbocycles. The van der Waals surface area contributed by atoms with Gasteiger partial charge in [0.2, 0.25) is 5.91 Å². The van der Waals surface area contributed by atoms with E-state index in [9.17, 15) is 4.79 Å². The van der Waals surface area contributed by atoms with E-state index >= 15 is 0 Å². The number of hydrogen-bond acceptors (Lipinski definition) is 5. The first kappa shape index (κ1) is 19.6. The lowest BCUT2D eigenvalue weighted by molar-refractivity contribution is -0.137. The summed E-state index contributed by atoms with van der Waals surface area (Å²) >= 11 is 1.82. The third kappa shape index (κ3) is 4.67. The predicted molar refractivity (Wildman–Crippen MR) is 114 cm³/mol. The second-order valence-electron chi connectivity index (χ2n) is 7.36. The zero-order chi connectivity index (χ0) is 20.2. The Kier molecular flexibility index (Phi) is 5.94. The van der Waals surface area contributed by atoms with Crippen LogP contribution in [-0.4, -0.2) is 45.5 Å². The fourth-order valence-electron chi connectivity index (χ4n) is 3.49. The highest BCUT2D eigenvalue weighted by Crippen LogP contribution is 2.25. The van der Waals surface area contributed by atoms with Crippen molar-refractivity contribution in [3.05, 3.63) is 52.3 Å². The minimum atomic E-state index is 0.211. The van der Waals surface area contributed by atoms with Crippen molar-refractivity contribution in [2.24, 2.45) is 0 Å². The number of amides is 1. The quantitative estimate of drug-likeness (QED) is 0.560. The summed E-state index contributed by atoms with van der Waals surface area (Å²) in [7, 11) is 0. The van der Waals surface area contributed by atoms with Gasteiger partial charge in [-0.1, -0.05) is 5.21 Å². The van der Waals surface area contributed by atoms with E-state index in [4.69, 9.17) is 4.74 Å². The number of aryl methyl sites for hydroxylation is 2. The fraction of sp³-hybridized carbons (Fsp3) is 0.409. The first-order valence-corrected chi connectivity index (χ1v) is 10.9. The van der Waals surface area contributed by atoms with Gasteiger partial charge in [-0.3, -0.25) is 4.79 Å². The van der Waals surface area contributed by atoms with Crippen molar-refractivity contribution in [2.75, 3.05) is 19.7 Å². The number of rotatable bonds is 8. The van der Waals surface area contributed by atoms with Crippen LogP contribution in [0.15, 0.2) is 42.6 Å². The summed E-state index contributed by atoms with van der Waals surface area (Å²) in [6, 6.07) is 12.4. The topological polar surface area (TPSA) is 60.2 Å². The largest absolute Gasteiger partial charge is 0.494 e. The summed E-state index contributed by atoms with van der Waals surface area (Å²) in [5, 5.41) is 8.56.